The van der Waals surface area contributed by atoms with Crippen molar-refractivity contribution in [1.82, 2.24) is 0 Å². The second kappa shape index (κ2) is 4.40. The van der Waals surface area contributed by atoms with Gasteiger partial charge in [0, 0.05) is 0 Å². The van der Waals surface area contributed by atoms with Crippen molar-refractivity contribution in [3.05, 3.63) is 35.9 Å². The van der Waals surface area contributed by atoms with Gasteiger partial charge in [0.1, 0.15) is 0 Å². The fourth-order valence-corrected chi connectivity index (χ4v) is 0.627. The molecule has 3 nitrogen and oxygen atoms in total. The maximum absolute atomic E-state index is 10.5. The molecular formula is C7H7FO3. The Bertz CT molecular complexity index is 222. The third-order valence-electron chi connectivity index (χ3n) is 1.09. The molecule has 1 aromatic carbocycles. The molecule has 0 heterocycles. The second-order valence-corrected chi connectivity index (χ2v) is 1.74. The van der Waals surface area contributed by atoms with Crippen LogP contribution in [0.1, 0.15) is 10.4 Å². The smallest absolute Gasteiger partial charge is 0.296 e. The van der Waals surface area contributed by atoms with E-state index in [1.807, 2.05) is 0 Å². The van der Waals surface area contributed by atoms with Gasteiger partial charge in [-0.25, -0.2) is 4.79 Å². The summed E-state index contributed by atoms with van der Waals surface area (Å²) in [6.07, 6.45) is 0. The van der Waals surface area contributed by atoms with Crippen molar-refractivity contribution < 1.29 is 19.6 Å². The Morgan fingerprint density at radius 1 is 1.27 bits per heavy atom. The standard InChI is InChI=1S/C7H6O3.FH/c8-7(10-9)6-4-2-1-3-5-6;/h1-5,9H;1H. The lowest BCUT2D eigenvalue weighted by atomic mass is 10.2. The number of hydrogen-bond donors (Lipinski definition) is 1. The Balaban J connectivity index is 0.000001000. The minimum absolute atomic E-state index is 0. The Morgan fingerprint density at radius 3 is 2.27 bits per heavy atom. The van der Waals surface area contributed by atoms with E-state index in [2.05, 4.69) is 4.89 Å². The lowest BCUT2D eigenvalue weighted by Crippen LogP contribution is -2.00. The zero-order chi connectivity index (χ0) is 7.40. The van der Waals surface area contributed by atoms with Crippen molar-refractivity contribution in [3.8, 4) is 0 Å². The van der Waals surface area contributed by atoms with E-state index in [0.717, 1.165) is 0 Å². The lowest BCUT2D eigenvalue weighted by Gasteiger charge is -1.92. The lowest BCUT2D eigenvalue weighted by molar-refractivity contribution is -0.182. The number of benzene rings is 1. The van der Waals surface area contributed by atoms with Gasteiger partial charge in [-0.05, 0) is 12.1 Å². The van der Waals surface area contributed by atoms with Crippen molar-refractivity contribution in [2.75, 3.05) is 0 Å². The number of halogens is 1. The van der Waals surface area contributed by atoms with Crippen molar-refractivity contribution >= 4 is 5.97 Å². The molecule has 0 bridgehead atoms. The van der Waals surface area contributed by atoms with Crippen LogP contribution in [0.15, 0.2) is 30.3 Å². The molecule has 0 amide bonds. The minimum Gasteiger partial charge on any atom is -0.296 e. The molecular weight excluding hydrogens is 151 g/mol. The third kappa shape index (κ3) is 2.35. The Hall–Kier alpha value is -1.42. The quantitative estimate of drug-likeness (QED) is 0.497. The van der Waals surface area contributed by atoms with Crippen LogP contribution >= 0.6 is 0 Å². The van der Waals surface area contributed by atoms with Crippen LogP contribution in [0, 0.1) is 0 Å². The molecule has 4 heteroatoms. The average Bonchev–Trinajstić information content (AvgIpc) is 2.05. The van der Waals surface area contributed by atoms with Gasteiger partial charge in [-0.1, -0.05) is 18.2 Å². The molecule has 0 aliphatic heterocycles. The summed E-state index contributed by atoms with van der Waals surface area (Å²) in [6, 6.07) is 8.25. The number of carbonyl (C=O) groups excluding carboxylic acids is 1. The maximum Gasteiger partial charge on any atom is 0.372 e. The first-order valence-corrected chi connectivity index (χ1v) is 2.75. The van der Waals surface area contributed by atoms with E-state index in [9.17, 15) is 4.79 Å². The first kappa shape index (κ1) is 9.58. The van der Waals surface area contributed by atoms with Crippen LogP contribution in [-0.4, -0.2) is 11.2 Å². The summed E-state index contributed by atoms with van der Waals surface area (Å²) in [5.41, 5.74) is 0.338. The summed E-state index contributed by atoms with van der Waals surface area (Å²) in [5, 5.41) is 7.94. The van der Waals surface area contributed by atoms with Crippen LogP contribution in [0.25, 0.3) is 0 Å². The van der Waals surface area contributed by atoms with E-state index in [4.69, 9.17) is 5.26 Å². The zero-order valence-electron chi connectivity index (χ0n) is 5.56. The fraction of sp³-hybridized carbons (Fsp3) is 0. The van der Waals surface area contributed by atoms with Crippen LogP contribution in [0.2, 0.25) is 0 Å². The van der Waals surface area contributed by atoms with Crippen LogP contribution in [-0.2, 0) is 4.89 Å². The van der Waals surface area contributed by atoms with Gasteiger partial charge in [0.25, 0.3) is 0 Å². The topological polar surface area (TPSA) is 46.5 Å². The van der Waals surface area contributed by atoms with Gasteiger partial charge in [0.15, 0.2) is 0 Å². The normalized spacial score (nSPS) is 8.09. The third-order valence-corrected chi connectivity index (χ3v) is 1.09. The highest BCUT2D eigenvalue weighted by molar-refractivity contribution is 5.88. The Kier molecular flexibility index (Phi) is 3.84. The summed E-state index contributed by atoms with van der Waals surface area (Å²) in [7, 11) is 0. The van der Waals surface area contributed by atoms with Gasteiger partial charge in [0.05, 0.1) is 5.56 Å². The molecule has 60 valence electrons. The molecule has 0 radical (unpaired) electrons. The Labute approximate surface area is 62.5 Å². The van der Waals surface area contributed by atoms with E-state index in [0.29, 0.717) is 5.56 Å². The monoisotopic (exact) mass is 158 g/mol. The fourth-order valence-electron chi connectivity index (χ4n) is 0.627. The molecule has 0 spiro atoms. The zero-order valence-corrected chi connectivity index (χ0v) is 5.56. The van der Waals surface area contributed by atoms with Crippen LogP contribution in [0.3, 0.4) is 0 Å². The highest BCUT2D eigenvalue weighted by Gasteiger charge is 2.02. The maximum atomic E-state index is 10.5. The van der Waals surface area contributed by atoms with Gasteiger partial charge in [0.2, 0.25) is 0 Å². The molecule has 1 N–H and O–H groups in total. The van der Waals surface area contributed by atoms with Crippen molar-refractivity contribution in [3.63, 3.8) is 0 Å². The van der Waals surface area contributed by atoms with Gasteiger partial charge >= 0.3 is 5.97 Å². The highest BCUT2D eigenvalue weighted by Crippen LogP contribution is 1.98. The van der Waals surface area contributed by atoms with Gasteiger partial charge in [-0.15, -0.1) is 0 Å². The molecule has 0 atom stereocenters. The van der Waals surface area contributed by atoms with Crippen molar-refractivity contribution in [1.29, 1.82) is 0 Å². The van der Waals surface area contributed by atoms with Crippen LogP contribution in [0.5, 0.6) is 0 Å². The number of carbonyl (C=O) groups is 1. The molecule has 0 unspecified atom stereocenters. The summed E-state index contributed by atoms with van der Waals surface area (Å²) < 4.78 is 0. The average molecular weight is 158 g/mol. The van der Waals surface area contributed by atoms with Crippen molar-refractivity contribution in [2.24, 2.45) is 0 Å². The second-order valence-electron chi connectivity index (χ2n) is 1.74. The summed E-state index contributed by atoms with van der Waals surface area (Å²) in [4.78, 5) is 14.0. The number of rotatable bonds is 1. The predicted octanol–water partition coefficient (Wildman–Crippen LogP) is 1.47. The minimum atomic E-state index is -0.736. The molecule has 0 saturated heterocycles. The van der Waals surface area contributed by atoms with E-state index in [-0.39, 0.29) is 4.70 Å². The van der Waals surface area contributed by atoms with Gasteiger partial charge in [-0.3, -0.25) is 9.59 Å². The van der Waals surface area contributed by atoms with E-state index in [1.54, 1.807) is 30.3 Å². The molecule has 11 heavy (non-hydrogen) atoms. The number of hydrogen-bond acceptors (Lipinski definition) is 3. The van der Waals surface area contributed by atoms with E-state index in [1.165, 1.54) is 0 Å². The molecule has 1 aromatic rings. The molecule has 1 rings (SSSR count). The summed E-state index contributed by atoms with van der Waals surface area (Å²) in [5.74, 6) is -0.736. The molecule has 0 fully saturated rings. The van der Waals surface area contributed by atoms with Crippen molar-refractivity contribution in [2.45, 2.75) is 0 Å². The van der Waals surface area contributed by atoms with E-state index < -0.39 is 5.97 Å². The first-order valence-electron chi connectivity index (χ1n) is 2.75. The SMILES string of the molecule is F.O=C(OO)c1ccccc1. The van der Waals surface area contributed by atoms with Crippen LogP contribution < -0.4 is 0 Å². The van der Waals surface area contributed by atoms with Gasteiger partial charge in [-0.2, -0.15) is 5.26 Å². The first-order chi connectivity index (χ1) is 4.84. The highest BCUT2D eigenvalue weighted by atomic mass is 19.0. The van der Waals surface area contributed by atoms with Crippen LogP contribution in [0.4, 0.5) is 4.70 Å². The molecule has 0 saturated carbocycles. The van der Waals surface area contributed by atoms with Gasteiger partial charge < -0.3 is 0 Å². The summed E-state index contributed by atoms with van der Waals surface area (Å²) >= 11 is 0. The Morgan fingerprint density at radius 2 is 1.82 bits per heavy atom. The molecule has 0 aliphatic carbocycles. The molecule has 0 aromatic heterocycles. The molecule has 0 aliphatic rings. The largest absolute Gasteiger partial charge is 0.372 e. The summed E-state index contributed by atoms with van der Waals surface area (Å²) in [6.45, 7) is 0. The van der Waals surface area contributed by atoms with E-state index >= 15 is 0 Å². The predicted molar refractivity (Wildman–Crippen MR) is 37.0 cm³/mol.